The van der Waals surface area contributed by atoms with Gasteiger partial charge in [0.05, 0.1) is 5.69 Å². The Hall–Kier alpha value is -1.67. The summed E-state index contributed by atoms with van der Waals surface area (Å²) >= 11 is 5.88. The van der Waals surface area contributed by atoms with Crippen molar-refractivity contribution in [3.05, 3.63) is 47.5 Å². The third-order valence-electron chi connectivity index (χ3n) is 2.83. The molecule has 0 atom stereocenters. The van der Waals surface area contributed by atoms with Crippen LogP contribution in [-0.2, 0) is 0 Å². The van der Waals surface area contributed by atoms with Gasteiger partial charge in [-0.2, -0.15) is 0 Å². The fourth-order valence-electron chi connectivity index (χ4n) is 1.96. The van der Waals surface area contributed by atoms with Crippen molar-refractivity contribution in [1.29, 1.82) is 0 Å². The summed E-state index contributed by atoms with van der Waals surface area (Å²) in [5.74, 6) is 0.925. The molecule has 2 aromatic carbocycles. The molecule has 17 heavy (non-hydrogen) atoms. The zero-order chi connectivity index (χ0) is 11.7. The minimum Gasteiger partial charge on any atom is -0.490 e. The minimum atomic E-state index is 0.729. The van der Waals surface area contributed by atoms with Gasteiger partial charge >= 0.3 is 0 Å². The highest BCUT2D eigenvalue weighted by molar-refractivity contribution is 6.30. The number of hydrogen-bond donors (Lipinski definition) is 1. The SMILES string of the molecule is Clc1ccc(-c2ccc3c(c2)NCCO3)cc1. The number of ether oxygens (including phenoxy) is 1. The number of fused-ring (bicyclic) bond motifs is 1. The van der Waals surface area contributed by atoms with Gasteiger partial charge in [0, 0.05) is 11.6 Å². The second-order valence-electron chi connectivity index (χ2n) is 3.99. The summed E-state index contributed by atoms with van der Waals surface area (Å²) in [6, 6.07) is 14.0. The molecule has 1 aliphatic rings. The Balaban J connectivity index is 2.01. The van der Waals surface area contributed by atoms with E-state index in [-0.39, 0.29) is 0 Å². The maximum absolute atomic E-state index is 5.88. The molecule has 0 radical (unpaired) electrons. The van der Waals surface area contributed by atoms with E-state index in [1.54, 1.807) is 0 Å². The minimum absolute atomic E-state index is 0.729. The molecule has 3 rings (SSSR count). The maximum Gasteiger partial charge on any atom is 0.142 e. The first kappa shape index (κ1) is 10.5. The van der Waals surface area contributed by atoms with Gasteiger partial charge in [-0.1, -0.05) is 29.8 Å². The second kappa shape index (κ2) is 4.30. The van der Waals surface area contributed by atoms with Crippen molar-refractivity contribution in [2.45, 2.75) is 0 Å². The zero-order valence-corrected chi connectivity index (χ0v) is 10.00. The number of halogens is 1. The van der Waals surface area contributed by atoms with E-state index in [2.05, 4.69) is 17.4 Å². The molecule has 0 bridgehead atoms. The van der Waals surface area contributed by atoms with Gasteiger partial charge < -0.3 is 10.1 Å². The predicted octanol–water partition coefficient (Wildman–Crippen LogP) is 3.81. The van der Waals surface area contributed by atoms with Crippen LogP contribution in [0.1, 0.15) is 0 Å². The van der Waals surface area contributed by atoms with E-state index in [1.807, 2.05) is 30.3 Å². The smallest absolute Gasteiger partial charge is 0.142 e. The predicted molar refractivity (Wildman–Crippen MR) is 70.9 cm³/mol. The first-order valence-electron chi connectivity index (χ1n) is 5.59. The first-order chi connectivity index (χ1) is 8.33. The van der Waals surface area contributed by atoms with E-state index >= 15 is 0 Å². The normalized spacial score (nSPS) is 13.5. The molecule has 0 amide bonds. The van der Waals surface area contributed by atoms with Crippen molar-refractivity contribution < 1.29 is 4.74 Å². The summed E-state index contributed by atoms with van der Waals surface area (Å²) in [4.78, 5) is 0. The zero-order valence-electron chi connectivity index (χ0n) is 9.24. The summed E-state index contributed by atoms with van der Waals surface area (Å²) in [6.45, 7) is 1.59. The van der Waals surface area contributed by atoms with Crippen molar-refractivity contribution >= 4 is 17.3 Å². The van der Waals surface area contributed by atoms with Crippen LogP contribution >= 0.6 is 11.6 Å². The maximum atomic E-state index is 5.88. The number of anilines is 1. The molecule has 2 aromatic rings. The molecule has 0 saturated carbocycles. The van der Waals surface area contributed by atoms with Crippen LogP contribution in [0.5, 0.6) is 5.75 Å². The van der Waals surface area contributed by atoms with Crippen LogP contribution < -0.4 is 10.1 Å². The molecule has 1 aliphatic heterocycles. The molecule has 0 aliphatic carbocycles. The molecule has 0 unspecified atom stereocenters. The topological polar surface area (TPSA) is 21.3 Å². The van der Waals surface area contributed by atoms with E-state index < -0.39 is 0 Å². The van der Waals surface area contributed by atoms with Crippen molar-refractivity contribution in [3.8, 4) is 16.9 Å². The molecular formula is C14H12ClNO. The van der Waals surface area contributed by atoms with E-state index in [9.17, 15) is 0 Å². The van der Waals surface area contributed by atoms with Crippen LogP contribution in [0.25, 0.3) is 11.1 Å². The van der Waals surface area contributed by atoms with Crippen LogP contribution in [0.15, 0.2) is 42.5 Å². The molecule has 0 spiro atoms. The fraction of sp³-hybridized carbons (Fsp3) is 0.143. The summed E-state index contributed by atoms with van der Waals surface area (Å²) in [5, 5.41) is 4.09. The Morgan fingerprint density at radius 1 is 1.00 bits per heavy atom. The largest absolute Gasteiger partial charge is 0.490 e. The van der Waals surface area contributed by atoms with E-state index in [4.69, 9.17) is 16.3 Å². The number of nitrogens with one attached hydrogen (secondary N) is 1. The Morgan fingerprint density at radius 2 is 1.76 bits per heavy atom. The summed E-state index contributed by atoms with van der Waals surface area (Å²) < 4.78 is 5.55. The Morgan fingerprint density at radius 3 is 2.59 bits per heavy atom. The van der Waals surface area contributed by atoms with Crippen molar-refractivity contribution in [2.75, 3.05) is 18.5 Å². The van der Waals surface area contributed by atoms with Gasteiger partial charge in [-0.05, 0) is 35.4 Å². The highest BCUT2D eigenvalue weighted by atomic mass is 35.5. The molecule has 2 nitrogen and oxygen atoms in total. The van der Waals surface area contributed by atoms with Gasteiger partial charge in [-0.15, -0.1) is 0 Å². The lowest BCUT2D eigenvalue weighted by Crippen LogP contribution is -2.17. The van der Waals surface area contributed by atoms with Gasteiger partial charge in [0.2, 0.25) is 0 Å². The number of rotatable bonds is 1. The molecular weight excluding hydrogens is 234 g/mol. The third-order valence-corrected chi connectivity index (χ3v) is 3.08. The van der Waals surface area contributed by atoms with Gasteiger partial charge in [0.1, 0.15) is 12.4 Å². The summed E-state index contributed by atoms with van der Waals surface area (Å²) in [6.07, 6.45) is 0. The van der Waals surface area contributed by atoms with Gasteiger partial charge in [-0.25, -0.2) is 0 Å². The monoisotopic (exact) mass is 245 g/mol. The Bertz CT molecular complexity index is 536. The van der Waals surface area contributed by atoms with Crippen LogP contribution in [0.4, 0.5) is 5.69 Å². The molecule has 1 heterocycles. The van der Waals surface area contributed by atoms with Crippen molar-refractivity contribution in [1.82, 2.24) is 0 Å². The second-order valence-corrected chi connectivity index (χ2v) is 4.43. The molecule has 3 heteroatoms. The molecule has 0 saturated heterocycles. The van der Waals surface area contributed by atoms with Crippen LogP contribution in [0, 0.1) is 0 Å². The van der Waals surface area contributed by atoms with Crippen LogP contribution in [0.2, 0.25) is 5.02 Å². The van der Waals surface area contributed by atoms with Gasteiger partial charge in [0.25, 0.3) is 0 Å². The summed E-state index contributed by atoms with van der Waals surface area (Å²) in [7, 11) is 0. The number of benzene rings is 2. The first-order valence-corrected chi connectivity index (χ1v) is 5.97. The quantitative estimate of drug-likeness (QED) is 0.825. The lowest BCUT2D eigenvalue weighted by molar-refractivity contribution is 0.323. The van der Waals surface area contributed by atoms with E-state index in [1.165, 1.54) is 5.56 Å². The molecule has 1 N–H and O–H groups in total. The summed E-state index contributed by atoms with van der Waals surface area (Å²) in [5.41, 5.74) is 3.38. The Kier molecular flexibility index (Phi) is 2.65. The highest BCUT2D eigenvalue weighted by Gasteiger charge is 2.10. The fourth-order valence-corrected chi connectivity index (χ4v) is 2.09. The van der Waals surface area contributed by atoms with Crippen molar-refractivity contribution in [2.24, 2.45) is 0 Å². The van der Waals surface area contributed by atoms with E-state index in [0.29, 0.717) is 0 Å². The molecule has 86 valence electrons. The van der Waals surface area contributed by atoms with Crippen molar-refractivity contribution in [3.63, 3.8) is 0 Å². The Labute approximate surface area is 105 Å². The molecule has 0 fully saturated rings. The molecule has 0 aromatic heterocycles. The van der Waals surface area contributed by atoms with Gasteiger partial charge in [-0.3, -0.25) is 0 Å². The lowest BCUT2D eigenvalue weighted by atomic mass is 10.0. The number of hydrogen-bond acceptors (Lipinski definition) is 2. The van der Waals surface area contributed by atoms with Crippen LogP contribution in [-0.4, -0.2) is 13.2 Å². The third kappa shape index (κ3) is 2.08. The van der Waals surface area contributed by atoms with Crippen LogP contribution in [0.3, 0.4) is 0 Å². The average molecular weight is 246 g/mol. The van der Waals surface area contributed by atoms with E-state index in [0.717, 1.165) is 35.2 Å². The standard InChI is InChI=1S/C14H12ClNO/c15-12-4-1-10(2-5-12)11-3-6-14-13(9-11)16-7-8-17-14/h1-6,9,16H,7-8H2. The average Bonchev–Trinajstić information content (AvgIpc) is 2.39. The van der Waals surface area contributed by atoms with Gasteiger partial charge in [0.15, 0.2) is 0 Å². The highest BCUT2D eigenvalue weighted by Crippen LogP contribution is 2.32. The lowest BCUT2D eigenvalue weighted by Gasteiger charge is -2.19.